The van der Waals surface area contributed by atoms with E-state index in [4.69, 9.17) is 4.74 Å². The van der Waals surface area contributed by atoms with Crippen molar-refractivity contribution in [1.82, 2.24) is 0 Å². The van der Waals surface area contributed by atoms with E-state index in [1.807, 2.05) is 105 Å². The number of nitrogens with one attached hydrogen (secondary N) is 1. The maximum atomic E-state index is 12.6. The maximum Gasteiger partial charge on any atom is 0.266 e. The molecule has 0 bridgehead atoms. The zero-order valence-corrected chi connectivity index (χ0v) is 17.6. The molecular weight excluding hydrogens is 384 g/mol. The van der Waals surface area contributed by atoms with E-state index in [9.17, 15) is 10.1 Å². The number of rotatable bonds is 7. The number of carbonyl (C=O) groups is 1. The number of nitriles is 1. The van der Waals surface area contributed by atoms with Crippen LogP contribution in [0.15, 0.2) is 84.4 Å². The second kappa shape index (κ2) is 10.6. The number of hydrogen-bond donors (Lipinski definition) is 1. The number of para-hydroxylation sites is 1. The molecule has 0 fully saturated rings. The van der Waals surface area contributed by atoms with Gasteiger partial charge in [0.05, 0.1) is 0 Å². The number of hydrogen-bond acceptors (Lipinski definition) is 3. The van der Waals surface area contributed by atoms with E-state index >= 15 is 0 Å². The number of anilines is 1. The predicted molar refractivity (Wildman–Crippen MR) is 126 cm³/mol. The number of aryl methyl sites for hydroxylation is 2. The highest BCUT2D eigenvalue weighted by Gasteiger charge is 2.11. The highest BCUT2D eigenvalue weighted by atomic mass is 16.5. The van der Waals surface area contributed by atoms with Gasteiger partial charge >= 0.3 is 0 Å². The number of ether oxygens (including phenoxy) is 1. The third kappa shape index (κ3) is 6.19. The third-order valence-corrected chi connectivity index (χ3v) is 4.79. The van der Waals surface area contributed by atoms with E-state index in [0.717, 1.165) is 16.7 Å². The van der Waals surface area contributed by atoms with Gasteiger partial charge in [-0.2, -0.15) is 5.26 Å². The zero-order valence-electron chi connectivity index (χ0n) is 17.6. The van der Waals surface area contributed by atoms with Crippen molar-refractivity contribution < 1.29 is 9.53 Å². The molecule has 1 amide bonds. The summed E-state index contributed by atoms with van der Waals surface area (Å²) in [6, 6.07) is 24.9. The molecule has 0 aliphatic heterocycles. The second-order valence-electron chi connectivity index (χ2n) is 7.08. The lowest BCUT2D eigenvalue weighted by atomic mass is 10.1. The molecule has 0 saturated carbocycles. The summed E-state index contributed by atoms with van der Waals surface area (Å²) in [4.78, 5) is 12.6. The Balaban J connectivity index is 1.71. The van der Waals surface area contributed by atoms with E-state index in [1.165, 1.54) is 0 Å². The van der Waals surface area contributed by atoms with Gasteiger partial charge in [0.1, 0.15) is 24.0 Å². The quantitative estimate of drug-likeness (QED) is 0.389. The SMILES string of the molecule is Cc1ccc(NC(=O)C(C#N)=Cc2ccccc2OCC=Cc2ccccc2)cc1C. The Hall–Kier alpha value is -4.10. The van der Waals surface area contributed by atoms with Gasteiger partial charge < -0.3 is 10.1 Å². The van der Waals surface area contributed by atoms with Crippen LogP contribution in [0.4, 0.5) is 5.69 Å². The first-order valence-corrected chi connectivity index (χ1v) is 10.0. The van der Waals surface area contributed by atoms with E-state index in [0.29, 0.717) is 23.6 Å². The van der Waals surface area contributed by atoms with Crippen molar-refractivity contribution in [3.05, 3.63) is 107 Å². The molecule has 0 atom stereocenters. The third-order valence-electron chi connectivity index (χ3n) is 4.79. The zero-order chi connectivity index (χ0) is 22.1. The van der Waals surface area contributed by atoms with Crippen LogP contribution in [-0.4, -0.2) is 12.5 Å². The van der Waals surface area contributed by atoms with Gasteiger partial charge in [-0.3, -0.25) is 4.79 Å². The number of amides is 1. The van der Waals surface area contributed by atoms with Crippen molar-refractivity contribution >= 4 is 23.7 Å². The monoisotopic (exact) mass is 408 g/mol. The first-order chi connectivity index (χ1) is 15.1. The van der Waals surface area contributed by atoms with Crippen LogP contribution in [0, 0.1) is 25.2 Å². The lowest BCUT2D eigenvalue weighted by Crippen LogP contribution is -2.13. The number of carbonyl (C=O) groups excluding carboxylic acids is 1. The molecule has 3 rings (SSSR count). The number of nitrogens with zero attached hydrogens (tertiary/aromatic N) is 1. The van der Waals surface area contributed by atoms with Crippen LogP contribution in [0.5, 0.6) is 5.75 Å². The van der Waals surface area contributed by atoms with Crippen molar-refractivity contribution in [1.29, 1.82) is 5.26 Å². The molecule has 31 heavy (non-hydrogen) atoms. The minimum absolute atomic E-state index is 0.00843. The summed E-state index contributed by atoms with van der Waals surface area (Å²) < 4.78 is 5.86. The van der Waals surface area contributed by atoms with Gasteiger partial charge in [-0.1, -0.05) is 60.7 Å². The van der Waals surface area contributed by atoms with Crippen LogP contribution in [0.2, 0.25) is 0 Å². The molecule has 0 aliphatic rings. The van der Waals surface area contributed by atoms with Crippen molar-refractivity contribution in [2.45, 2.75) is 13.8 Å². The van der Waals surface area contributed by atoms with Crippen molar-refractivity contribution in [2.24, 2.45) is 0 Å². The first-order valence-electron chi connectivity index (χ1n) is 10.0. The van der Waals surface area contributed by atoms with Crippen molar-refractivity contribution in [2.75, 3.05) is 11.9 Å². The summed E-state index contributed by atoms with van der Waals surface area (Å²) in [6.45, 7) is 4.36. The molecule has 154 valence electrons. The Bertz CT molecular complexity index is 1160. The molecule has 4 nitrogen and oxygen atoms in total. The Morgan fingerprint density at radius 3 is 2.48 bits per heavy atom. The average Bonchev–Trinajstić information content (AvgIpc) is 2.79. The molecule has 3 aromatic rings. The highest BCUT2D eigenvalue weighted by Crippen LogP contribution is 2.22. The summed E-state index contributed by atoms with van der Waals surface area (Å²) in [6.07, 6.45) is 5.45. The molecule has 4 heteroatoms. The lowest BCUT2D eigenvalue weighted by Gasteiger charge is -2.09. The summed E-state index contributed by atoms with van der Waals surface area (Å²) in [5.41, 5.74) is 4.64. The summed E-state index contributed by atoms with van der Waals surface area (Å²) >= 11 is 0. The lowest BCUT2D eigenvalue weighted by molar-refractivity contribution is -0.112. The second-order valence-corrected chi connectivity index (χ2v) is 7.08. The number of benzene rings is 3. The smallest absolute Gasteiger partial charge is 0.266 e. The molecule has 0 aromatic heterocycles. The Morgan fingerprint density at radius 1 is 1.00 bits per heavy atom. The van der Waals surface area contributed by atoms with Crippen molar-refractivity contribution in [3.8, 4) is 11.8 Å². The van der Waals surface area contributed by atoms with Gasteiger partial charge in [0.2, 0.25) is 0 Å². The van der Waals surface area contributed by atoms with Crippen LogP contribution in [-0.2, 0) is 4.79 Å². The van der Waals surface area contributed by atoms with Crippen LogP contribution in [0.1, 0.15) is 22.3 Å². The molecule has 0 saturated heterocycles. The normalized spacial score (nSPS) is 11.2. The van der Waals surface area contributed by atoms with E-state index in [2.05, 4.69) is 5.32 Å². The molecule has 0 radical (unpaired) electrons. The fourth-order valence-corrected chi connectivity index (χ4v) is 2.94. The van der Waals surface area contributed by atoms with Gasteiger partial charge in [-0.15, -0.1) is 0 Å². The Morgan fingerprint density at radius 2 is 1.74 bits per heavy atom. The fourth-order valence-electron chi connectivity index (χ4n) is 2.94. The topological polar surface area (TPSA) is 62.1 Å². The predicted octanol–water partition coefficient (Wildman–Crippen LogP) is 5.94. The molecule has 0 heterocycles. The Kier molecular flexibility index (Phi) is 7.40. The molecule has 0 spiro atoms. The van der Waals surface area contributed by atoms with Crippen LogP contribution >= 0.6 is 0 Å². The highest BCUT2D eigenvalue weighted by molar-refractivity contribution is 6.09. The largest absolute Gasteiger partial charge is 0.489 e. The summed E-state index contributed by atoms with van der Waals surface area (Å²) in [5.74, 6) is 0.150. The average molecular weight is 409 g/mol. The summed E-state index contributed by atoms with van der Waals surface area (Å²) in [5, 5.41) is 12.3. The summed E-state index contributed by atoms with van der Waals surface area (Å²) in [7, 11) is 0. The van der Waals surface area contributed by atoms with Crippen LogP contribution in [0.25, 0.3) is 12.2 Å². The maximum absolute atomic E-state index is 12.6. The van der Waals surface area contributed by atoms with Gasteiger partial charge in [0, 0.05) is 11.3 Å². The van der Waals surface area contributed by atoms with Crippen molar-refractivity contribution in [3.63, 3.8) is 0 Å². The van der Waals surface area contributed by atoms with Gasteiger partial charge in [0.25, 0.3) is 5.91 Å². The standard InChI is InChI=1S/C27H24N2O2/c1-20-14-15-25(17-21(20)2)29-27(30)24(19-28)18-23-12-6-7-13-26(23)31-16-8-11-22-9-4-3-5-10-22/h3-15,17-18H,16H2,1-2H3,(H,29,30). The molecule has 0 unspecified atom stereocenters. The fraction of sp³-hybridized carbons (Fsp3) is 0.111. The molecule has 1 N–H and O–H groups in total. The van der Waals surface area contributed by atoms with Gasteiger partial charge in [-0.05, 0) is 60.9 Å². The minimum atomic E-state index is -0.454. The molecular formula is C27H24N2O2. The van der Waals surface area contributed by atoms with Gasteiger partial charge in [0.15, 0.2) is 0 Å². The minimum Gasteiger partial charge on any atom is -0.489 e. The molecule has 0 aliphatic carbocycles. The van der Waals surface area contributed by atoms with Gasteiger partial charge in [-0.25, -0.2) is 0 Å². The van der Waals surface area contributed by atoms with Crippen LogP contribution in [0.3, 0.4) is 0 Å². The first kappa shape index (κ1) is 21.6. The Labute approximate surface area is 183 Å². The molecule has 3 aromatic carbocycles. The van der Waals surface area contributed by atoms with E-state index in [1.54, 1.807) is 6.08 Å². The van der Waals surface area contributed by atoms with E-state index < -0.39 is 5.91 Å². The van der Waals surface area contributed by atoms with Crippen LogP contribution < -0.4 is 10.1 Å². The van der Waals surface area contributed by atoms with E-state index in [-0.39, 0.29) is 5.57 Å².